The van der Waals surface area contributed by atoms with E-state index in [1.807, 2.05) is 0 Å². The van der Waals surface area contributed by atoms with Crippen LogP contribution in [0.2, 0.25) is 10.0 Å². The van der Waals surface area contributed by atoms with Crippen molar-refractivity contribution in [2.45, 2.75) is 24.9 Å². The number of esters is 1. The van der Waals surface area contributed by atoms with Gasteiger partial charge in [-0.1, -0.05) is 42.3 Å². The van der Waals surface area contributed by atoms with Crippen LogP contribution in [0.25, 0.3) is 11.1 Å². The molecule has 0 spiro atoms. The molecule has 0 saturated carbocycles. The van der Waals surface area contributed by atoms with Crippen molar-refractivity contribution >= 4 is 40.3 Å². The zero-order valence-electron chi connectivity index (χ0n) is 19.6. The summed E-state index contributed by atoms with van der Waals surface area (Å²) in [5, 5.41) is 0.0657. The van der Waals surface area contributed by atoms with Gasteiger partial charge in [0.05, 0.1) is 24.1 Å². The molecule has 0 fully saturated rings. The van der Waals surface area contributed by atoms with Gasteiger partial charge in [-0.2, -0.15) is 13.2 Å². The highest BCUT2D eigenvalue weighted by molar-refractivity contribution is 6.32. The van der Waals surface area contributed by atoms with Crippen molar-refractivity contribution in [2.24, 2.45) is 7.05 Å². The second kappa shape index (κ2) is 10.1. The molecule has 2 heterocycles. The van der Waals surface area contributed by atoms with Gasteiger partial charge in [0.1, 0.15) is 10.8 Å². The number of rotatable bonds is 6. The standard InChI is InChI=1S/C25H19Cl2F3N2O5/c1-12(21(25(28,29)30)13-4-7-20-19(9-13)32(2)24(34)37-20)16-6-5-15(10-17(16)26)36-22-18(27)8-14(11-31-22)23(33)35-3/h4-12,21H,1-3H3. The Kier molecular flexibility index (Phi) is 7.25. The van der Waals surface area contributed by atoms with E-state index >= 15 is 0 Å². The highest BCUT2D eigenvalue weighted by Gasteiger charge is 2.45. The molecule has 194 valence electrons. The number of halogens is 5. The summed E-state index contributed by atoms with van der Waals surface area (Å²) in [4.78, 5) is 27.4. The average molecular weight is 555 g/mol. The average Bonchev–Trinajstić information content (AvgIpc) is 3.12. The van der Waals surface area contributed by atoms with E-state index in [4.69, 9.17) is 32.4 Å². The number of fused-ring (bicyclic) bond motifs is 1. The van der Waals surface area contributed by atoms with Crippen LogP contribution in [-0.2, 0) is 11.8 Å². The quantitative estimate of drug-likeness (QED) is 0.242. The Balaban J connectivity index is 1.65. The monoisotopic (exact) mass is 554 g/mol. The van der Waals surface area contributed by atoms with Crippen LogP contribution in [0.1, 0.15) is 40.2 Å². The molecular weight excluding hydrogens is 536 g/mol. The van der Waals surface area contributed by atoms with Gasteiger partial charge in [-0.15, -0.1) is 0 Å². The van der Waals surface area contributed by atoms with E-state index in [1.54, 1.807) is 0 Å². The zero-order valence-corrected chi connectivity index (χ0v) is 21.1. The third-order valence-electron chi connectivity index (χ3n) is 5.93. The van der Waals surface area contributed by atoms with Crippen LogP contribution in [0.4, 0.5) is 13.2 Å². The fourth-order valence-electron chi connectivity index (χ4n) is 4.06. The summed E-state index contributed by atoms with van der Waals surface area (Å²) < 4.78 is 59.3. The van der Waals surface area contributed by atoms with E-state index in [0.29, 0.717) is 0 Å². The van der Waals surface area contributed by atoms with E-state index in [1.165, 1.54) is 69.7 Å². The number of oxazole rings is 1. The SMILES string of the molecule is COC(=O)c1cnc(Oc2ccc(C(C)C(c3ccc4oc(=O)n(C)c4c3)C(F)(F)F)c(Cl)c2)c(Cl)c1. The first-order chi connectivity index (χ1) is 17.4. The van der Waals surface area contributed by atoms with Gasteiger partial charge in [0, 0.05) is 18.3 Å². The molecule has 4 aromatic rings. The van der Waals surface area contributed by atoms with Crippen LogP contribution in [0, 0.1) is 0 Å². The molecule has 37 heavy (non-hydrogen) atoms. The number of alkyl halides is 3. The minimum Gasteiger partial charge on any atom is -0.465 e. The maximum Gasteiger partial charge on any atom is 0.419 e. The van der Waals surface area contributed by atoms with E-state index in [-0.39, 0.29) is 49.5 Å². The molecule has 2 aromatic heterocycles. The molecule has 2 atom stereocenters. The number of hydrogen-bond acceptors (Lipinski definition) is 6. The number of ether oxygens (including phenoxy) is 2. The second-order valence-corrected chi connectivity index (χ2v) is 9.06. The number of nitrogens with zero attached hydrogens (tertiary/aromatic N) is 2. The fraction of sp³-hybridized carbons (Fsp3) is 0.240. The highest BCUT2D eigenvalue weighted by Crippen LogP contribution is 2.47. The number of hydrogen-bond donors (Lipinski definition) is 0. The Morgan fingerprint density at radius 1 is 1.11 bits per heavy atom. The maximum atomic E-state index is 14.3. The maximum absolute atomic E-state index is 14.3. The fourth-order valence-corrected chi connectivity index (χ4v) is 4.61. The van der Waals surface area contributed by atoms with E-state index < -0.39 is 29.7 Å². The number of pyridine rings is 1. The van der Waals surface area contributed by atoms with Crippen molar-refractivity contribution in [3.8, 4) is 11.6 Å². The molecular formula is C25H19Cl2F3N2O5. The third-order valence-corrected chi connectivity index (χ3v) is 6.53. The van der Waals surface area contributed by atoms with Crippen LogP contribution in [0.3, 0.4) is 0 Å². The molecule has 0 aliphatic carbocycles. The summed E-state index contributed by atoms with van der Waals surface area (Å²) >= 11 is 12.5. The van der Waals surface area contributed by atoms with Gasteiger partial charge in [-0.05, 0) is 47.4 Å². The first-order valence-corrected chi connectivity index (χ1v) is 11.5. The Bertz CT molecular complexity index is 1550. The molecule has 7 nitrogen and oxygen atoms in total. The predicted molar refractivity (Wildman–Crippen MR) is 131 cm³/mol. The topological polar surface area (TPSA) is 83.6 Å². The first-order valence-electron chi connectivity index (χ1n) is 10.8. The van der Waals surface area contributed by atoms with Gasteiger partial charge in [0.15, 0.2) is 5.58 Å². The minimum atomic E-state index is -4.62. The van der Waals surface area contributed by atoms with Gasteiger partial charge >= 0.3 is 17.9 Å². The van der Waals surface area contributed by atoms with Crippen molar-refractivity contribution in [1.29, 1.82) is 0 Å². The van der Waals surface area contributed by atoms with Crippen molar-refractivity contribution < 1.29 is 31.9 Å². The molecule has 0 saturated heterocycles. The lowest BCUT2D eigenvalue weighted by Crippen LogP contribution is -2.26. The Morgan fingerprint density at radius 2 is 1.84 bits per heavy atom. The smallest absolute Gasteiger partial charge is 0.419 e. The lowest BCUT2D eigenvalue weighted by molar-refractivity contribution is -0.154. The van der Waals surface area contributed by atoms with Crippen molar-refractivity contribution in [3.05, 3.63) is 85.9 Å². The molecule has 0 aliphatic rings. The zero-order chi connectivity index (χ0) is 27.1. The minimum absolute atomic E-state index is 0.0256. The Hall–Kier alpha value is -3.50. The van der Waals surface area contributed by atoms with E-state index in [0.717, 1.165) is 4.57 Å². The molecule has 12 heteroatoms. The molecule has 0 N–H and O–H groups in total. The predicted octanol–water partition coefficient (Wildman–Crippen LogP) is 6.86. The van der Waals surface area contributed by atoms with E-state index in [9.17, 15) is 22.8 Å². The van der Waals surface area contributed by atoms with Crippen molar-refractivity contribution in [1.82, 2.24) is 9.55 Å². The number of carbonyl (C=O) groups is 1. The summed E-state index contributed by atoms with van der Waals surface area (Å²) in [5.41, 5.74) is 0.756. The summed E-state index contributed by atoms with van der Waals surface area (Å²) in [5.74, 6) is -4.16. The molecule has 0 aliphatic heterocycles. The van der Waals surface area contributed by atoms with Crippen LogP contribution >= 0.6 is 23.2 Å². The van der Waals surface area contributed by atoms with Crippen LogP contribution in [0.15, 0.2) is 57.9 Å². The van der Waals surface area contributed by atoms with Crippen molar-refractivity contribution in [2.75, 3.05) is 7.11 Å². The van der Waals surface area contributed by atoms with Crippen molar-refractivity contribution in [3.63, 3.8) is 0 Å². The molecule has 0 amide bonds. The largest absolute Gasteiger partial charge is 0.465 e. The highest BCUT2D eigenvalue weighted by atomic mass is 35.5. The molecule has 0 radical (unpaired) electrons. The number of benzene rings is 2. The molecule has 2 aromatic carbocycles. The van der Waals surface area contributed by atoms with Gasteiger partial charge in [-0.25, -0.2) is 14.6 Å². The summed E-state index contributed by atoms with van der Waals surface area (Å²) in [6.45, 7) is 1.42. The van der Waals surface area contributed by atoms with Crippen LogP contribution < -0.4 is 10.5 Å². The van der Waals surface area contributed by atoms with E-state index in [2.05, 4.69) is 9.72 Å². The number of carbonyl (C=O) groups excluding carboxylic acids is 1. The Morgan fingerprint density at radius 3 is 2.46 bits per heavy atom. The number of aromatic nitrogens is 2. The lowest BCUT2D eigenvalue weighted by atomic mass is 9.82. The summed E-state index contributed by atoms with van der Waals surface area (Å²) in [6.07, 6.45) is -3.40. The lowest BCUT2D eigenvalue weighted by Gasteiger charge is -2.28. The number of aryl methyl sites for hydroxylation is 1. The van der Waals surface area contributed by atoms with Gasteiger partial charge in [0.2, 0.25) is 5.88 Å². The van der Waals surface area contributed by atoms with Gasteiger partial charge < -0.3 is 13.9 Å². The third kappa shape index (κ3) is 5.30. The molecule has 0 bridgehead atoms. The van der Waals surface area contributed by atoms with Gasteiger partial charge in [-0.3, -0.25) is 4.57 Å². The van der Waals surface area contributed by atoms with Gasteiger partial charge in [0.25, 0.3) is 0 Å². The normalized spacial score (nSPS) is 13.4. The second-order valence-electron chi connectivity index (χ2n) is 8.25. The number of methoxy groups -OCH3 is 1. The summed E-state index contributed by atoms with van der Waals surface area (Å²) in [7, 11) is 2.64. The first kappa shape index (κ1) is 26.6. The molecule has 2 unspecified atom stereocenters. The van der Waals surface area contributed by atoms with Crippen LogP contribution in [-0.4, -0.2) is 28.8 Å². The van der Waals surface area contributed by atoms with Crippen LogP contribution in [0.5, 0.6) is 11.6 Å². The summed E-state index contributed by atoms with van der Waals surface area (Å²) in [6, 6.07) is 9.48. The Labute approximate surface area is 218 Å². The molecule has 4 rings (SSSR count).